The minimum absolute atomic E-state index is 0.283. The Bertz CT molecular complexity index is 779. The van der Waals surface area contributed by atoms with E-state index in [0.29, 0.717) is 6.61 Å². The largest absolute Gasteiger partial charge is 0.494 e. The summed E-state index contributed by atoms with van der Waals surface area (Å²) in [6.45, 7) is 4.60. The van der Waals surface area contributed by atoms with Gasteiger partial charge in [0.2, 0.25) is 11.0 Å². The van der Waals surface area contributed by atoms with Crippen molar-refractivity contribution in [1.29, 1.82) is 0 Å². The Morgan fingerprint density at radius 1 is 1.18 bits per heavy atom. The lowest BCUT2D eigenvalue weighted by Gasteiger charge is -2.02. The van der Waals surface area contributed by atoms with Gasteiger partial charge in [-0.3, -0.25) is 4.52 Å². The van der Waals surface area contributed by atoms with Gasteiger partial charge in [-0.15, -0.1) is 0 Å². The number of hydrogen-bond donors (Lipinski definition) is 1. The van der Waals surface area contributed by atoms with Crippen LogP contribution in [0.5, 0.6) is 5.75 Å². The average Bonchev–Trinajstić information content (AvgIpc) is 2.91. The van der Waals surface area contributed by atoms with Crippen LogP contribution in [-0.2, 0) is 0 Å². The number of hydrogen-bond acceptors (Lipinski definition) is 4. The van der Waals surface area contributed by atoms with Crippen LogP contribution in [0.1, 0.15) is 12.5 Å². The fourth-order valence-corrected chi connectivity index (χ4v) is 2.30. The smallest absolute Gasteiger partial charge is 0.311 e. The van der Waals surface area contributed by atoms with E-state index in [9.17, 15) is 0 Å². The quantitative estimate of drug-likeness (QED) is 0.752. The third-order valence-corrected chi connectivity index (χ3v) is 3.36. The van der Waals surface area contributed by atoms with E-state index in [1.165, 1.54) is 5.56 Å². The number of ether oxygens (including phenoxy) is 1. The van der Waals surface area contributed by atoms with Crippen LogP contribution in [0.4, 0.5) is 5.88 Å². The van der Waals surface area contributed by atoms with Crippen molar-refractivity contribution in [2.75, 3.05) is 12.3 Å². The Kier molecular flexibility index (Phi) is 3.78. The van der Waals surface area contributed by atoms with E-state index in [-0.39, 0.29) is 5.88 Å². The summed E-state index contributed by atoms with van der Waals surface area (Å²) in [6, 6.07) is 15.7. The summed E-state index contributed by atoms with van der Waals surface area (Å²) in [5.41, 5.74) is 9.66. The van der Waals surface area contributed by atoms with Gasteiger partial charge in [0.05, 0.1) is 18.2 Å². The standard InChI is InChI=1S/C17H18N3O2/c1-3-21-15-6-4-5-14(11-15)20-16(17(18)22-19-20)13-9-7-12(2)8-10-13/h4-11H,3,18H2,1-2H3/q+1. The molecule has 0 aliphatic carbocycles. The predicted molar refractivity (Wildman–Crippen MR) is 83.8 cm³/mol. The van der Waals surface area contributed by atoms with Crippen LogP contribution >= 0.6 is 0 Å². The van der Waals surface area contributed by atoms with E-state index in [1.807, 2.05) is 62.4 Å². The van der Waals surface area contributed by atoms with E-state index >= 15 is 0 Å². The number of anilines is 1. The summed E-state index contributed by atoms with van der Waals surface area (Å²) in [5, 5.41) is 4.05. The Balaban J connectivity index is 2.09. The van der Waals surface area contributed by atoms with Crippen molar-refractivity contribution in [3.05, 3.63) is 54.1 Å². The summed E-state index contributed by atoms with van der Waals surface area (Å²) in [5.74, 6) is 1.06. The van der Waals surface area contributed by atoms with Crippen molar-refractivity contribution in [1.82, 2.24) is 5.27 Å². The maximum Gasteiger partial charge on any atom is 0.311 e. The van der Waals surface area contributed by atoms with Crippen molar-refractivity contribution < 1.29 is 13.9 Å². The van der Waals surface area contributed by atoms with Gasteiger partial charge in [0.1, 0.15) is 5.75 Å². The van der Waals surface area contributed by atoms with Gasteiger partial charge in [-0.25, -0.2) is 0 Å². The van der Waals surface area contributed by atoms with E-state index in [4.69, 9.17) is 15.0 Å². The molecule has 0 radical (unpaired) electrons. The molecule has 1 heterocycles. The zero-order valence-corrected chi connectivity index (χ0v) is 12.6. The number of aryl methyl sites for hydroxylation is 1. The van der Waals surface area contributed by atoms with Crippen LogP contribution in [0.2, 0.25) is 0 Å². The minimum atomic E-state index is 0.283. The maximum atomic E-state index is 5.96. The highest BCUT2D eigenvalue weighted by atomic mass is 16.5. The van der Waals surface area contributed by atoms with E-state index in [0.717, 1.165) is 22.7 Å². The molecule has 22 heavy (non-hydrogen) atoms. The number of aromatic nitrogens is 2. The second-order valence-electron chi connectivity index (χ2n) is 4.99. The summed E-state index contributed by atoms with van der Waals surface area (Å²) in [4.78, 5) is 0. The van der Waals surface area contributed by atoms with Crippen molar-refractivity contribution in [3.8, 4) is 22.7 Å². The normalized spacial score (nSPS) is 10.6. The van der Waals surface area contributed by atoms with Crippen LogP contribution in [0.25, 0.3) is 16.9 Å². The van der Waals surface area contributed by atoms with E-state index < -0.39 is 0 Å². The number of benzene rings is 2. The summed E-state index contributed by atoms with van der Waals surface area (Å²) >= 11 is 0. The van der Waals surface area contributed by atoms with Crippen LogP contribution in [-0.4, -0.2) is 11.9 Å². The van der Waals surface area contributed by atoms with Gasteiger partial charge in [-0.05, 0) is 36.7 Å². The number of nitrogens with two attached hydrogens (primary N) is 1. The molecular weight excluding hydrogens is 278 g/mol. The molecule has 5 heteroatoms. The first-order valence-corrected chi connectivity index (χ1v) is 7.17. The highest BCUT2D eigenvalue weighted by Gasteiger charge is 2.27. The molecule has 0 aliphatic heterocycles. The molecule has 0 atom stereocenters. The first-order valence-electron chi connectivity index (χ1n) is 7.17. The molecule has 0 spiro atoms. The molecule has 0 aliphatic rings. The van der Waals surface area contributed by atoms with Crippen molar-refractivity contribution >= 4 is 5.88 Å². The zero-order valence-electron chi connectivity index (χ0n) is 12.6. The molecule has 112 valence electrons. The Hall–Kier alpha value is -2.82. The van der Waals surface area contributed by atoms with E-state index in [2.05, 4.69) is 5.27 Å². The molecule has 5 nitrogen and oxygen atoms in total. The molecule has 1 aromatic heterocycles. The highest BCUT2D eigenvalue weighted by molar-refractivity contribution is 5.66. The fraction of sp³-hybridized carbons (Fsp3) is 0.176. The molecule has 0 amide bonds. The lowest BCUT2D eigenvalue weighted by molar-refractivity contribution is -0.660. The van der Waals surface area contributed by atoms with Crippen molar-refractivity contribution in [2.45, 2.75) is 13.8 Å². The third kappa shape index (κ3) is 2.65. The topological polar surface area (TPSA) is 65.2 Å². The molecule has 3 rings (SSSR count). The first kappa shape index (κ1) is 14.1. The van der Waals surface area contributed by atoms with Gasteiger partial charge in [-0.1, -0.05) is 23.8 Å². The number of nitrogens with zero attached hydrogens (tertiary/aromatic N) is 2. The van der Waals surface area contributed by atoms with Gasteiger partial charge in [0.15, 0.2) is 0 Å². The lowest BCUT2D eigenvalue weighted by Crippen LogP contribution is -2.34. The van der Waals surface area contributed by atoms with Crippen LogP contribution in [0, 0.1) is 6.92 Å². The SMILES string of the molecule is CCOc1cccc(-[n+]2noc(N)c2-c2ccc(C)cc2)c1. The lowest BCUT2D eigenvalue weighted by atomic mass is 10.1. The van der Waals surface area contributed by atoms with Crippen molar-refractivity contribution in [3.63, 3.8) is 0 Å². The van der Waals surface area contributed by atoms with E-state index in [1.54, 1.807) is 4.68 Å². The van der Waals surface area contributed by atoms with Crippen LogP contribution in [0.3, 0.4) is 0 Å². The summed E-state index contributed by atoms with van der Waals surface area (Å²) in [6.07, 6.45) is 0. The fourth-order valence-electron chi connectivity index (χ4n) is 2.30. The molecule has 0 saturated heterocycles. The van der Waals surface area contributed by atoms with Gasteiger partial charge < -0.3 is 10.5 Å². The highest BCUT2D eigenvalue weighted by Crippen LogP contribution is 2.24. The van der Waals surface area contributed by atoms with Gasteiger partial charge in [0, 0.05) is 6.07 Å². The van der Waals surface area contributed by atoms with Gasteiger partial charge >= 0.3 is 11.6 Å². The molecule has 0 unspecified atom stereocenters. The Morgan fingerprint density at radius 2 is 1.95 bits per heavy atom. The maximum absolute atomic E-state index is 5.96. The van der Waals surface area contributed by atoms with Crippen LogP contribution in [0.15, 0.2) is 53.1 Å². The predicted octanol–water partition coefficient (Wildman–Crippen LogP) is 2.91. The average molecular weight is 296 g/mol. The monoisotopic (exact) mass is 296 g/mol. The first-order chi connectivity index (χ1) is 10.7. The second kappa shape index (κ2) is 5.89. The minimum Gasteiger partial charge on any atom is -0.494 e. The molecule has 2 aromatic carbocycles. The van der Waals surface area contributed by atoms with Gasteiger partial charge in [-0.2, -0.15) is 0 Å². The Labute approximate surface area is 128 Å². The van der Waals surface area contributed by atoms with Crippen molar-refractivity contribution in [2.24, 2.45) is 0 Å². The third-order valence-electron chi connectivity index (χ3n) is 3.36. The molecule has 3 aromatic rings. The number of nitrogen functional groups attached to an aromatic ring is 1. The number of rotatable bonds is 4. The molecule has 0 fully saturated rings. The van der Waals surface area contributed by atoms with Crippen LogP contribution < -0.4 is 15.2 Å². The summed E-state index contributed by atoms with van der Waals surface area (Å²) < 4.78 is 12.4. The van der Waals surface area contributed by atoms with Gasteiger partial charge in [0.25, 0.3) is 0 Å². The molecule has 0 saturated carbocycles. The second-order valence-corrected chi connectivity index (χ2v) is 4.99. The summed E-state index contributed by atoms with van der Waals surface area (Å²) in [7, 11) is 0. The molecule has 0 bridgehead atoms. The Morgan fingerprint density at radius 3 is 2.68 bits per heavy atom. The molecule has 2 N–H and O–H groups in total. The molecular formula is C17H18N3O2+. The zero-order chi connectivity index (χ0) is 15.5.